The number of benzene rings is 2. The SMILES string of the molecule is CN(C)CC1CCOc2ccccc2/C1=C\c1cccc(O)c1.Cl. The molecule has 0 spiro atoms. The van der Waals surface area contributed by atoms with Crippen LogP contribution >= 0.6 is 12.4 Å². The topological polar surface area (TPSA) is 32.7 Å². The highest BCUT2D eigenvalue weighted by Gasteiger charge is 2.23. The van der Waals surface area contributed by atoms with Gasteiger partial charge in [0.15, 0.2) is 0 Å². The summed E-state index contributed by atoms with van der Waals surface area (Å²) < 4.78 is 5.94. The number of rotatable bonds is 3. The number of ether oxygens (including phenoxy) is 1. The van der Waals surface area contributed by atoms with Crippen LogP contribution in [0.3, 0.4) is 0 Å². The Morgan fingerprint density at radius 3 is 2.71 bits per heavy atom. The van der Waals surface area contributed by atoms with E-state index in [4.69, 9.17) is 4.74 Å². The summed E-state index contributed by atoms with van der Waals surface area (Å²) in [5.74, 6) is 1.64. The number of phenols is 1. The molecule has 128 valence electrons. The van der Waals surface area contributed by atoms with E-state index in [1.54, 1.807) is 12.1 Å². The Kier molecular flexibility index (Phi) is 6.29. The summed E-state index contributed by atoms with van der Waals surface area (Å²) >= 11 is 0. The zero-order chi connectivity index (χ0) is 16.2. The normalized spacial score (nSPS) is 18.5. The molecule has 1 N–H and O–H groups in total. The lowest BCUT2D eigenvalue weighted by Crippen LogP contribution is -2.23. The first kappa shape index (κ1) is 18.4. The van der Waals surface area contributed by atoms with Gasteiger partial charge in [-0.05, 0) is 49.9 Å². The number of phenolic OH excluding ortho intramolecular Hbond substituents is 1. The maximum atomic E-state index is 9.74. The Labute approximate surface area is 150 Å². The number of fused-ring (bicyclic) bond motifs is 1. The molecule has 0 aliphatic carbocycles. The molecule has 0 saturated heterocycles. The average Bonchev–Trinajstić information content (AvgIpc) is 2.67. The van der Waals surface area contributed by atoms with E-state index in [0.717, 1.165) is 36.4 Å². The molecule has 1 aliphatic heterocycles. The number of nitrogens with zero attached hydrogens (tertiary/aromatic N) is 1. The fraction of sp³-hybridized carbons (Fsp3) is 0.300. The second kappa shape index (κ2) is 8.22. The van der Waals surface area contributed by atoms with Gasteiger partial charge in [0.25, 0.3) is 0 Å². The number of aromatic hydroxyl groups is 1. The van der Waals surface area contributed by atoms with Crippen LogP contribution in [0.1, 0.15) is 17.5 Å². The van der Waals surface area contributed by atoms with Gasteiger partial charge in [-0.25, -0.2) is 0 Å². The van der Waals surface area contributed by atoms with Crippen molar-refractivity contribution in [2.24, 2.45) is 5.92 Å². The molecule has 0 fully saturated rings. The third-order valence-electron chi connectivity index (χ3n) is 4.14. The van der Waals surface area contributed by atoms with Crippen LogP contribution in [0.25, 0.3) is 11.6 Å². The number of hydrogen-bond donors (Lipinski definition) is 1. The average molecular weight is 346 g/mol. The van der Waals surface area contributed by atoms with E-state index in [0.29, 0.717) is 11.7 Å². The van der Waals surface area contributed by atoms with E-state index in [1.165, 1.54) is 5.57 Å². The number of hydrogen-bond acceptors (Lipinski definition) is 3. The van der Waals surface area contributed by atoms with E-state index in [2.05, 4.69) is 37.2 Å². The van der Waals surface area contributed by atoms with Crippen molar-refractivity contribution in [2.45, 2.75) is 6.42 Å². The highest BCUT2D eigenvalue weighted by atomic mass is 35.5. The molecule has 4 heteroatoms. The molecule has 1 unspecified atom stereocenters. The molecular weight excluding hydrogens is 322 g/mol. The Morgan fingerprint density at radius 1 is 1.17 bits per heavy atom. The summed E-state index contributed by atoms with van der Waals surface area (Å²) in [6.07, 6.45) is 3.17. The van der Waals surface area contributed by atoms with Crippen LogP contribution in [0.5, 0.6) is 11.5 Å². The Morgan fingerprint density at radius 2 is 1.96 bits per heavy atom. The lowest BCUT2D eigenvalue weighted by Gasteiger charge is -2.22. The third-order valence-corrected chi connectivity index (χ3v) is 4.14. The van der Waals surface area contributed by atoms with Crippen molar-refractivity contribution >= 4 is 24.1 Å². The van der Waals surface area contributed by atoms with Gasteiger partial charge < -0.3 is 14.7 Å². The number of halogens is 1. The summed E-state index contributed by atoms with van der Waals surface area (Å²) in [6.45, 7) is 1.70. The second-order valence-corrected chi connectivity index (χ2v) is 6.29. The van der Waals surface area contributed by atoms with Crippen LogP contribution in [0, 0.1) is 5.92 Å². The van der Waals surface area contributed by atoms with Gasteiger partial charge >= 0.3 is 0 Å². The van der Waals surface area contributed by atoms with Crippen molar-refractivity contribution in [1.82, 2.24) is 4.90 Å². The molecule has 1 atom stereocenters. The lowest BCUT2D eigenvalue weighted by atomic mass is 9.88. The summed E-state index contributed by atoms with van der Waals surface area (Å²) in [5, 5.41) is 9.74. The van der Waals surface area contributed by atoms with Gasteiger partial charge in [0.2, 0.25) is 0 Å². The van der Waals surface area contributed by atoms with E-state index in [1.807, 2.05) is 24.3 Å². The molecule has 0 bridgehead atoms. The molecule has 3 rings (SSSR count). The summed E-state index contributed by atoms with van der Waals surface area (Å²) in [7, 11) is 4.20. The van der Waals surface area contributed by atoms with Crippen molar-refractivity contribution in [3.05, 3.63) is 59.7 Å². The van der Waals surface area contributed by atoms with E-state index < -0.39 is 0 Å². The summed E-state index contributed by atoms with van der Waals surface area (Å²) in [4.78, 5) is 2.22. The van der Waals surface area contributed by atoms with E-state index in [-0.39, 0.29) is 12.4 Å². The van der Waals surface area contributed by atoms with Gasteiger partial charge in [-0.15, -0.1) is 12.4 Å². The summed E-state index contributed by atoms with van der Waals surface area (Å²) in [6, 6.07) is 15.6. The van der Waals surface area contributed by atoms with Crippen LogP contribution in [0.2, 0.25) is 0 Å². The van der Waals surface area contributed by atoms with Crippen molar-refractivity contribution in [2.75, 3.05) is 27.2 Å². The molecule has 0 radical (unpaired) electrons. The fourth-order valence-electron chi connectivity index (χ4n) is 3.14. The first-order chi connectivity index (χ1) is 11.1. The molecule has 2 aromatic carbocycles. The fourth-order valence-corrected chi connectivity index (χ4v) is 3.14. The lowest BCUT2D eigenvalue weighted by molar-refractivity contribution is 0.279. The number of para-hydroxylation sites is 1. The van der Waals surface area contributed by atoms with Crippen molar-refractivity contribution in [3.8, 4) is 11.5 Å². The third kappa shape index (κ3) is 4.31. The molecule has 2 aromatic rings. The van der Waals surface area contributed by atoms with Gasteiger partial charge in [-0.3, -0.25) is 0 Å². The van der Waals surface area contributed by atoms with Gasteiger partial charge in [0.1, 0.15) is 11.5 Å². The highest BCUT2D eigenvalue weighted by Crippen LogP contribution is 2.37. The largest absolute Gasteiger partial charge is 0.508 e. The monoisotopic (exact) mass is 345 g/mol. The van der Waals surface area contributed by atoms with E-state index >= 15 is 0 Å². The molecule has 24 heavy (non-hydrogen) atoms. The van der Waals surface area contributed by atoms with Crippen molar-refractivity contribution in [1.29, 1.82) is 0 Å². The summed E-state index contributed by atoms with van der Waals surface area (Å²) in [5.41, 5.74) is 3.44. The predicted molar refractivity (Wildman–Crippen MR) is 102 cm³/mol. The smallest absolute Gasteiger partial charge is 0.126 e. The van der Waals surface area contributed by atoms with E-state index in [9.17, 15) is 5.11 Å². The molecule has 0 aromatic heterocycles. The molecule has 1 heterocycles. The van der Waals surface area contributed by atoms with Gasteiger partial charge in [-0.2, -0.15) is 0 Å². The predicted octanol–water partition coefficient (Wildman–Crippen LogP) is 4.31. The standard InChI is InChI=1S/C20H23NO2.ClH/c1-21(2)14-16-10-11-23-20-9-4-3-8-18(20)19(16)13-15-6-5-7-17(22)12-15;/h3-9,12-13,16,22H,10-11,14H2,1-2H3;1H/b19-13-;. The zero-order valence-corrected chi connectivity index (χ0v) is 14.9. The minimum absolute atomic E-state index is 0. The van der Waals surface area contributed by atoms with Crippen LogP contribution in [0.15, 0.2) is 48.5 Å². The maximum absolute atomic E-state index is 9.74. The minimum Gasteiger partial charge on any atom is -0.508 e. The first-order valence-electron chi connectivity index (χ1n) is 8.01. The molecule has 3 nitrogen and oxygen atoms in total. The van der Waals surface area contributed by atoms with Crippen LogP contribution < -0.4 is 4.74 Å². The Hall–Kier alpha value is -1.97. The van der Waals surface area contributed by atoms with Crippen molar-refractivity contribution < 1.29 is 9.84 Å². The molecule has 0 amide bonds. The van der Waals surface area contributed by atoms with Crippen molar-refractivity contribution in [3.63, 3.8) is 0 Å². The van der Waals surface area contributed by atoms with Gasteiger partial charge in [0, 0.05) is 18.0 Å². The van der Waals surface area contributed by atoms with Crippen LogP contribution in [0.4, 0.5) is 0 Å². The Balaban J connectivity index is 0.00000208. The van der Waals surface area contributed by atoms with Crippen LogP contribution in [-0.4, -0.2) is 37.3 Å². The quantitative estimate of drug-likeness (QED) is 0.899. The Bertz CT molecular complexity index is 712. The highest BCUT2D eigenvalue weighted by molar-refractivity contribution is 5.86. The molecular formula is C20H24ClNO2. The van der Waals surface area contributed by atoms with Gasteiger partial charge in [-0.1, -0.05) is 36.4 Å². The first-order valence-corrected chi connectivity index (χ1v) is 8.01. The van der Waals surface area contributed by atoms with Gasteiger partial charge in [0.05, 0.1) is 6.61 Å². The second-order valence-electron chi connectivity index (χ2n) is 6.29. The molecule has 0 saturated carbocycles. The minimum atomic E-state index is 0. The van der Waals surface area contributed by atoms with Crippen LogP contribution in [-0.2, 0) is 0 Å². The molecule has 1 aliphatic rings. The zero-order valence-electron chi connectivity index (χ0n) is 14.1. The maximum Gasteiger partial charge on any atom is 0.126 e.